The number of benzene rings is 2. The fraction of sp³-hybridized carbons (Fsp3) is 0.263. The van der Waals surface area contributed by atoms with Crippen LogP contribution in [0.4, 0.5) is 4.39 Å². The average Bonchev–Trinajstić information content (AvgIpc) is 2.58. The molecule has 4 nitrogen and oxygen atoms in total. The highest BCUT2D eigenvalue weighted by Gasteiger charge is 2.19. The summed E-state index contributed by atoms with van der Waals surface area (Å²) in [5.74, 6) is -1.59. The molecule has 0 aliphatic rings. The topological polar surface area (TPSA) is 55.4 Å². The Hall–Kier alpha value is -2.69. The number of rotatable bonds is 6. The zero-order valence-electron chi connectivity index (χ0n) is 13.7. The van der Waals surface area contributed by atoms with Gasteiger partial charge >= 0.3 is 5.97 Å². The zero-order valence-corrected chi connectivity index (χ0v) is 13.7. The number of aryl methyl sites for hydroxylation is 1. The fourth-order valence-corrected chi connectivity index (χ4v) is 2.12. The fourth-order valence-electron chi connectivity index (χ4n) is 2.12. The van der Waals surface area contributed by atoms with Crippen LogP contribution < -0.4 is 5.32 Å². The maximum Gasteiger partial charge on any atom is 0.339 e. The molecular formula is C19H20FNO3. The van der Waals surface area contributed by atoms with Crippen molar-refractivity contribution in [2.75, 3.05) is 6.54 Å². The molecule has 1 atom stereocenters. The van der Waals surface area contributed by atoms with E-state index in [1.807, 2.05) is 30.3 Å². The lowest BCUT2D eigenvalue weighted by molar-refractivity contribution is -0.129. The Morgan fingerprint density at radius 3 is 2.54 bits per heavy atom. The summed E-state index contributed by atoms with van der Waals surface area (Å²) >= 11 is 0. The van der Waals surface area contributed by atoms with E-state index in [1.165, 1.54) is 19.1 Å². The molecular weight excluding hydrogens is 309 g/mol. The second kappa shape index (κ2) is 8.24. The number of halogens is 1. The molecule has 0 saturated carbocycles. The van der Waals surface area contributed by atoms with Gasteiger partial charge in [0.1, 0.15) is 5.82 Å². The number of esters is 1. The molecule has 0 heterocycles. The number of hydrogen-bond acceptors (Lipinski definition) is 3. The molecule has 1 amide bonds. The van der Waals surface area contributed by atoms with Crippen LogP contribution in [0.3, 0.4) is 0 Å². The van der Waals surface area contributed by atoms with Crippen LogP contribution in [0, 0.1) is 12.7 Å². The minimum Gasteiger partial charge on any atom is -0.449 e. The van der Waals surface area contributed by atoms with E-state index in [-0.39, 0.29) is 11.5 Å². The molecule has 0 bridgehead atoms. The van der Waals surface area contributed by atoms with Crippen molar-refractivity contribution >= 4 is 11.9 Å². The first kappa shape index (κ1) is 17.7. The number of ether oxygens (including phenoxy) is 1. The highest BCUT2D eigenvalue weighted by Crippen LogP contribution is 2.11. The van der Waals surface area contributed by atoms with E-state index >= 15 is 0 Å². The van der Waals surface area contributed by atoms with Gasteiger partial charge < -0.3 is 10.1 Å². The van der Waals surface area contributed by atoms with E-state index in [0.717, 1.165) is 11.6 Å². The van der Waals surface area contributed by atoms with Gasteiger partial charge in [-0.25, -0.2) is 9.18 Å². The Morgan fingerprint density at radius 1 is 1.17 bits per heavy atom. The molecule has 0 fully saturated rings. The summed E-state index contributed by atoms with van der Waals surface area (Å²) in [6.45, 7) is 3.54. The van der Waals surface area contributed by atoms with Gasteiger partial charge in [-0.2, -0.15) is 0 Å². The SMILES string of the molecule is Cc1ccc(C(=O)O[C@H](C)C(=O)NCCc2ccccc2)cc1F. The third-order valence-corrected chi connectivity index (χ3v) is 3.62. The van der Waals surface area contributed by atoms with Crippen molar-refractivity contribution < 1.29 is 18.7 Å². The standard InChI is InChI=1S/C19H20FNO3/c1-13-8-9-16(12-17(13)20)19(23)24-14(2)18(22)21-11-10-15-6-4-3-5-7-15/h3-9,12,14H,10-11H2,1-2H3,(H,21,22)/t14-/m1/s1. The van der Waals surface area contributed by atoms with Crippen LogP contribution >= 0.6 is 0 Å². The molecule has 0 saturated heterocycles. The molecule has 0 unspecified atom stereocenters. The summed E-state index contributed by atoms with van der Waals surface area (Å²) in [7, 11) is 0. The quantitative estimate of drug-likeness (QED) is 0.829. The Kier molecular flexibility index (Phi) is 6.07. The smallest absolute Gasteiger partial charge is 0.339 e. The molecule has 1 N–H and O–H groups in total. The van der Waals surface area contributed by atoms with Crippen molar-refractivity contribution in [2.45, 2.75) is 26.4 Å². The summed E-state index contributed by atoms with van der Waals surface area (Å²) < 4.78 is 18.6. The normalized spacial score (nSPS) is 11.6. The maximum absolute atomic E-state index is 13.5. The number of carbonyl (C=O) groups excluding carboxylic acids is 2. The molecule has 0 radical (unpaired) electrons. The summed E-state index contributed by atoms with van der Waals surface area (Å²) in [6.07, 6.45) is -0.256. The van der Waals surface area contributed by atoms with Crippen LogP contribution in [-0.4, -0.2) is 24.5 Å². The van der Waals surface area contributed by atoms with Crippen LogP contribution in [0.1, 0.15) is 28.4 Å². The van der Waals surface area contributed by atoms with Gasteiger partial charge in [0.2, 0.25) is 0 Å². The van der Waals surface area contributed by atoms with E-state index in [4.69, 9.17) is 4.74 Å². The third kappa shape index (κ3) is 4.91. The Bertz CT molecular complexity index is 716. The first-order valence-corrected chi connectivity index (χ1v) is 7.76. The molecule has 24 heavy (non-hydrogen) atoms. The summed E-state index contributed by atoms with van der Waals surface area (Å²) in [6, 6.07) is 13.8. The van der Waals surface area contributed by atoms with Crippen molar-refractivity contribution in [1.82, 2.24) is 5.32 Å². The summed E-state index contributed by atoms with van der Waals surface area (Å²) in [4.78, 5) is 23.9. The molecule has 126 valence electrons. The van der Waals surface area contributed by atoms with Crippen LogP contribution in [0.15, 0.2) is 48.5 Å². The monoisotopic (exact) mass is 329 g/mol. The van der Waals surface area contributed by atoms with E-state index in [0.29, 0.717) is 18.5 Å². The molecule has 2 rings (SSSR count). The maximum atomic E-state index is 13.5. The van der Waals surface area contributed by atoms with Gasteiger partial charge in [-0.05, 0) is 43.5 Å². The number of hydrogen-bond donors (Lipinski definition) is 1. The number of nitrogens with one attached hydrogen (secondary N) is 1. The molecule has 0 aliphatic heterocycles. The molecule has 0 aromatic heterocycles. The van der Waals surface area contributed by atoms with Gasteiger partial charge in [-0.15, -0.1) is 0 Å². The number of amides is 1. The average molecular weight is 329 g/mol. The Balaban J connectivity index is 1.82. The van der Waals surface area contributed by atoms with Crippen LogP contribution in [0.2, 0.25) is 0 Å². The lowest BCUT2D eigenvalue weighted by Gasteiger charge is -2.13. The van der Waals surface area contributed by atoms with Crippen LogP contribution in [-0.2, 0) is 16.0 Å². The largest absolute Gasteiger partial charge is 0.449 e. The van der Waals surface area contributed by atoms with Gasteiger partial charge in [0.25, 0.3) is 5.91 Å². The lowest BCUT2D eigenvalue weighted by atomic mass is 10.1. The van der Waals surface area contributed by atoms with Crippen molar-refractivity contribution in [2.24, 2.45) is 0 Å². The first-order chi connectivity index (χ1) is 11.5. The molecule has 2 aromatic rings. The van der Waals surface area contributed by atoms with Gasteiger partial charge in [0.05, 0.1) is 5.56 Å². The minimum atomic E-state index is -0.947. The Labute approximate surface area is 140 Å². The van der Waals surface area contributed by atoms with Crippen molar-refractivity contribution in [1.29, 1.82) is 0 Å². The molecule has 2 aromatic carbocycles. The van der Waals surface area contributed by atoms with Gasteiger partial charge in [-0.1, -0.05) is 36.4 Å². The zero-order chi connectivity index (χ0) is 17.5. The van der Waals surface area contributed by atoms with Crippen LogP contribution in [0.5, 0.6) is 0 Å². The Morgan fingerprint density at radius 2 is 1.88 bits per heavy atom. The molecule has 0 aliphatic carbocycles. The van der Waals surface area contributed by atoms with Crippen molar-refractivity contribution in [3.63, 3.8) is 0 Å². The highest BCUT2D eigenvalue weighted by atomic mass is 19.1. The first-order valence-electron chi connectivity index (χ1n) is 7.76. The second-order valence-corrected chi connectivity index (χ2v) is 5.54. The van der Waals surface area contributed by atoms with Gasteiger partial charge in [0, 0.05) is 6.54 Å². The number of carbonyl (C=O) groups is 2. The highest BCUT2D eigenvalue weighted by molar-refractivity contribution is 5.92. The minimum absolute atomic E-state index is 0.0852. The van der Waals surface area contributed by atoms with Crippen LogP contribution in [0.25, 0.3) is 0 Å². The van der Waals surface area contributed by atoms with Gasteiger partial charge in [0.15, 0.2) is 6.10 Å². The lowest BCUT2D eigenvalue weighted by Crippen LogP contribution is -2.36. The van der Waals surface area contributed by atoms with Crippen molar-refractivity contribution in [3.05, 3.63) is 71.0 Å². The van der Waals surface area contributed by atoms with E-state index in [1.54, 1.807) is 6.92 Å². The van der Waals surface area contributed by atoms with E-state index in [9.17, 15) is 14.0 Å². The predicted octanol–water partition coefficient (Wildman–Crippen LogP) is 3.04. The summed E-state index contributed by atoms with van der Waals surface area (Å²) in [5, 5.41) is 2.72. The van der Waals surface area contributed by atoms with E-state index < -0.39 is 17.9 Å². The molecule has 0 spiro atoms. The molecule has 5 heteroatoms. The van der Waals surface area contributed by atoms with Crippen molar-refractivity contribution in [3.8, 4) is 0 Å². The predicted molar refractivity (Wildman–Crippen MR) is 89.2 cm³/mol. The summed E-state index contributed by atoms with van der Waals surface area (Å²) in [5.41, 5.74) is 1.64. The second-order valence-electron chi connectivity index (χ2n) is 5.54. The van der Waals surface area contributed by atoms with Gasteiger partial charge in [-0.3, -0.25) is 4.79 Å². The van der Waals surface area contributed by atoms with E-state index in [2.05, 4.69) is 5.32 Å². The third-order valence-electron chi connectivity index (χ3n) is 3.62.